The summed E-state index contributed by atoms with van der Waals surface area (Å²) in [4.78, 5) is 12.4. The number of sulfone groups is 1. The van der Waals surface area contributed by atoms with Gasteiger partial charge in [0, 0.05) is 35.9 Å². The highest BCUT2D eigenvalue weighted by Gasteiger charge is 2.60. The first-order chi connectivity index (χ1) is 16.8. The van der Waals surface area contributed by atoms with Crippen molar-refractivity contribution in [2.75, 3.05) is 11.9 Å². The fourth-order valence-corrected chi connectivity index (χ4v) is 8.38. The van der Waals surface area contributed by atoms with E-state index in [0.29, 0.717) is 18.6 Å². The molecule has 0 heterocycles. The third kappa shape index (κ3) is 4.42. The predicted molar refractivity (Wildman–Crippen MR) is 128 cm³/mol. The maximum Gasteiger partial charge on any atom is 0.255 e. The maximum absolute atomic E-state index is 13.7. The van der Waals surface area contributed by atoms with Crippen LogP contribution in [0, 0.1) is 41.1 Å². The average Bonchev–Trinajstić information content (AvgIpc) is 2.95. The molecule has 2 bridgehead atoms. The first-order valence-corrected chi connectivity index (χ1v) is 13.6. The van der Waals surface area contributed by atoms with Crippen molar-refractivity contribution in [2.24, 2.45) is 23.7 Å². The number of nitrogens with one attached hydrogen (secondary N) is 1. The van der Waals surface area contributed by atoms with Gasteiger partial charge in [0.1, 0.15) is 0 Å². The van der Waals surface area contributed by atoms with Gasteiger partial charge >= 0.3 is 0 Å². The van der Waals surface area contributed by atoms with Gasteiger partial charge < -0.3 is 15.5 Å². The summed E-state index contributed by atoms with van der Waals surface area (Å²) < 4.78 is 67.5. The maximum atomic E-state index is 13.7. The minimum atomic E-state index is -4.03. The van der Waals surface area contributed by atoms with Gasteiger partial charge in [-0.2, -0.15) is 0 Å². The minimum Gasteiger partial charge on any atom is -0.396 e. The summed E-state index contributed by atoms with van der Waals surface area (Å²) in [6, 6.07) is 4.83. The van der Waals surface area contributed by atoms with Gasteiger partial charge in [0.2, 0.25) is 0 Å². The van der Waals surface area contributed by atoms with Crippen LogP contribution in [0.15, 0.2) is 35.2 Å². The highest BCUT2D eigenvalue weighted by atomic mass is 35.5. The first-order valence-electron chi connectivity index (χ1n) is 11.6. The number of anilines is 1. The number of amides is 1. The number of fused-ring (bicyclic) bond motifs is 2. The third-order valence-electron chi connectivity index (χ3n) is 7.90. The van der Waals surface area contributed by atoms with Crippen LogP contribution in [0.1, 0.15) is 43.5 Å². The lowest BCUT2D eigenvalue weighted by Gasteiger charge is -2.46. The number of hydrogen-bond acceptors (Lipinski definition) is 5. The zero-order valence-corrected chi connectivity index (χ0v) is 21.2. The van der Waals surface area contributed by atoms with Crippen LogP contribution in [0.4, 0.5) is 18.9 Å². The van der Waals surface area contributed by atoms with Crippen molar-refractivity contribution >= 4 is 33.0 Å². The number of benzene rings is 2. The van der Waals surface area contributed by atoms with E-state index in [2.05, 4.69) is 5.32 Å². The number of carbonyl (C=O) groups excluding carboxylic acids is 1. The molecule has 0 spiro atoms. The quantitative estimate of drug-likeness (QED) is 0.461. The van der Waals surface area contributed by atoms with Crippen LogP contribution in [-0.2, 0) is 9.84 Å². The summed E-state index contributed by atoms with van der Waals surface area (Å²) in [5, 5.41) is 22.4. The van der Waals surface area contributed by atoms with Gasteiger partial charge in [-0.05, 0) is 55.2 Å². The smallest absolute Gasteiger partial charge is 0.255 e. The lowest BCUT2D eigenvalue weighted by Crippen LogP contribution is -2.53. The molecule has 2 unspecified atom stereocenters. The van der Waals surface area contributed by atoms with Crippen molar-refractivity contribution in [2.45, 2.75) is 48.9 Å². The van der Waals surface area contributed by atoms with Crippen molar-refractivity contribution in [1.82, 2.24) is 0 Å². The number of halogens is 4. The van der Waals surface area contributed by atoms with Crippen LogP contribution in [0.2, 0.25) is 5.02 Å². The zero-order chi connectivity index (χ0) is 26.6. The average molecular weight is 546 g/mol. The van der Waals surface area contributed by atoms with Crippen LogP contribution in [0.5, 0.6) is 0 Å². The van der Waals surface area contributed by atoms with Gasteiger partial charge in [-0.15, -0.1) is 0 Å². The molecule has 6 nitrogen and oxygen atoms in total. The summed E-state index contributed by atoms with van der Waals surface area (Å²) in [6.07, 6.45) is 1.01. The molecule has 0 aliphatic heterocycles. The number of aliphatic hydroxyl groups is 2. The largest absolute Gasteiger partial charge is 0.396 e. The van der Waals surface area contributed by atoms with E-state index < -0.39 is 50.0 Å². The summed E-state index contributed by atoms with van der Waals surface area (Å²) in [7, 11) is -4.03. The molecule has 2 aromatic carbocycles. The topological polar surface area (TPSA) is 104 Å². The first kappa shape index (κ1) is 26.9. The summed E-state index contributed by atoms with van der Waals surface area (Å²) in [5.41, 5.74) is -1.63. The number of rotatable bonds is 6. The van der Waals surface area contributed by atoms with Gasteiger partial charge in [-0.1, -0.05) is 25.4 Å². The Morgan fingerprint density at radius 3 is 2.39 bits per heavy atom. The SMILES string of the molecule is CC(CO)[C@@]1(O)C2C[C@@H](S(=O)(=O)c3cc(C(=O)Nc4cc(F)c(F)c(F)c4)ccc3Cl)C[C@@H]1[C@@H](C)C2. The molecule has 3 N–H and O–H groups in total. The van der Waals surface area contributed by atoms with Crippen molar-refractivity contribution in [3.8, 4) is 0 Å². The van der Waals surface area contributed by atoms with E-state index in [1.54, 1.807) is 6.92 Å². The molecule has 196 valence electrons. The van der Waals surface area contributed by atoms with Crippen molar-refractivity contribution < 1.29 is 36.6 Å². The molecular weight excluding hydrogens is 519 g/mol. The molecule has 36 heavy (non-hydrogen) atoms. The Labute approximate surface area is 212 Å². The molecule has 2 aromatic rings. The summed E-state index contributed by atoms with van der Waals surface area (Å²) in [5.74, 6) is -6.49. The molecular formula is C25H27ClF3NO5S. The second kappa shape index (κ2) is 9.63. The molecule has 2 aliphatic carbocycles. The van der Waals surface area contributed by atoms with Crippen LogP contribution >= 0.6 is 11.6 Å². The highest BCUT2D eigenvalue weighted by Crippen LogP contribution is 2.57. The Morgan fingerprint density at radius 2 is 1.81 bits per heavy atom. The van der Waals surface area contributed by atoms with Crippen LogP contribution < -0.4 is 5.32 Å². The molecule has 2 saturated carbocycles. The zero-order valence-electron chi connectivity index (χ0n) is 19.6. The molecule has 6 atom stereocenters. The van der Waals surface area contributed by atoms with Crippen molar-refractivity contribution in [3.63, 3.8) is 0 Å². The minimum absolute atomic E-state index is 0.0679. The highest BCUT2D eigenvalue weighted by molar-refractivity contribution is 7.92. The Morgan fingerprint density at radius 1 is 1.17 bits per heavy atom. The van der Waals surface area contributed by atoms with Gasteiger partial charge in [0.15, 0.2) is 27.3 Å². The Bertz CT molecular complexity index is 1280. The standard InChI is InChI=1S/C25H27ClF3NO5S/c1-12-5-15-7-17(10-18(12)25(15,33)13(2)11-31)36(34,35)22-6-14(3-4-19(22)26)24(32)30-16-8-20(27)23(29)21(28)9-16/h3-4,6,8-9,12-13,15,17-18,31,33H,5,7,10-11H2,1-2H3,(H,30,32)/t12-,13?,15?,17+,18+,25+/m0/s1. The molecule has 2 fully saturated rings. The third-order valence-corrected chi connectivity index (χ3v) is 10.6. The van der Waals surface area contributed by atoms with Gasteiger partial charge in [-0.3, -0.25) is 4.79 Å². The summed E-state index contributed by atoms with van der Waals surface area (Å²) in [6.45, 7) is 3.51. The summed E-state index contributed by atoms with van der Waals surface area (Å²) >= 11 is 6.24. The van der Waals surface area contributed by atoms with E-state index in [-0.39, 0.29) is 58.4 Å². The normalized spacial score (nSPS) is 28.7. The van der Waals surface area contributed by atoms with Crippen LogP contribution in [0.3, 0.4) is 0 Å². The van der Waals surface area contributed by atoms with E-state index in [1.807, 2.05) is 6.92 Å². The van der Waals surface area contributed by atoms with Gasteiger partial charge in [-0.25, -0.2) is 21.6 Å². The van der Waals surface area contributed by atoms with E-state index >= 15 is 0 Å². The molecule has 0 saturated heterocycles. The number of carbonyl (C=O) groups is 1. The Balaban J connectivity index is 1.61. The van der Waals surface area contributed by atoms with E-state index in [0.717, 1.165) is 6.07 Å². The molecule has 0 aromatic heterocycles. The number of aliphatic hydroxyl groups excluding tert-OH is 1. The second-order valence-corrected chi connectivity index (χ2v) is 12.6. The second-order valence-electron chi connectivity index (χ2n) is 9.98. The Hall–Kier alpha value is -2.14. The fourth-order valence-electron chi connectivity index (χ4n) is 6.00. The van der Waals surface area contributed by atoms with Crippen molar-refractivity contribution in [3.05, 3.63) is 58.4 Å². The molecule has 0 radical (unpaired) electrons. The molecule has 11 heteroatoms. The van der Waals surface area contributed by atoms with Gasteiger partial charge in [0.05, 0.1) is 20.8 Å². The molecule has 2 aliphatic rings. The lowest BCUT2D eigenvalue weighted by atomic mass is 9.67. The fraction of sp³-hybridized carbons (Fsp3) is 0.480. The molecule has 1 amide bonds. The number of hydrogen-bond donors (Lipinski definition) is 3. The predicted octanol–water partition coefficient (Wildman–Crippen LogP) is 4.58. The van der Waals surface area contributed by atoms with E-state index in [4.69, 9.17) is 11.6 Å². The van der Waals surface area contributed by atoms with Crippen molar-refractivity contribution in [1.29, 1.82) is 0 Å². The van der Waals surface area contributed by atoms with E-state index in [1.165, 1.54) is 12.1 Å². The Kier molecular flexibility index (Phi) is 7.20. The lowest BCUT2D eigenvalue weighted by molar-refractivity contribution is -0.115. The van der Waals surface area contributed by atoms with Crippen LogP contribution in [0.25, 0.3) is 0 Å². The van der Waals surface area contributed by atoms with Gasteiger partial charge in [0.25, 0.3) is 5.91 Å². The van der Waals surface area contributed by atoms with E-state index in [9.17, 15) is 36.6 Å². The molecule has 4 rings (SSSR count). The van der Waals surface area contributed by atoms with Crippen LogP contribution in [-0.4, -0.2) is 42.0 Å². The monoisotopic (exact) mass is 545 g/mol.